The number of esters is 1. The molecule has 4 N–H and O–H groups in total. The highest BCUT2D eigenvalue weighted by atomic mass is 16.6. The summed E-state index contributed by atoms with van der Waals surface area (Å²) < 4.78 is 11.1. The van der Waals surface area contributed by atoms with Crippen molar-refractivity contribution in [3.8, 4) is 11.1 Å². The number of carboxylic acid groups (broad SMARTS) is 1. The first-order valence-electron chi connectivity index (χ1n) is 15.1. The van der Waals surface area contributed by atoms with E-state index < -0.39 is 35.7 Å². The first-order valence-corrected chi connectivity index (χ1v) is 15.1. The molecule has 0 aliphatic heterocycles. The molecule has 2 aliphatic rings. The highest BCUT2D eigenvalue weighted by Gasteiger charge is 2.30. The van der Waals surface area contributed by atoms with E-state index in [2.05, 4.69) is 33.3 Å². The minimum absolute atomic E-state index is 0.101. The summed E-state index contributed by atoms with van der Waals surface area (Å²) >= 11 is 0. The highest BCUT2D eigenvalue weighted by molar-refractivity contribution is 5.94. The Morgan fingerprint density at radius 3 is 2.11 bits per heavy atom. The van der Waals surface area contributed by atoms with Gasteiger partial charge in [-0.25, -0.2) is 15.0 Å². The van der Waals surface area contributed by atoms with Gasteiger partial charge in [-0.1, -0.05) is 48.5 Å². The van der Waals surface area contributed by atoms with Crippen molar-refractivity contribution in [1.82, 2.24) is 16.1 Å². The van der Waals surface area contributed by atoms with Gasteiger partial charge in [0.2, 0.25) is 0 Å². The van der Waals surface area contributed by atoms with Crippen molar-refractivity contribution in [2.75, 3.05) is 13.2 Å². The van der Waals surface area contributed by atoms with Crippen LogP contribution in [0.25, 0.3) is 11.1 Å². The van der Waals surface area contributed by atoms with Crippen molar-refractivity contribution in [2.45, 2.75) is 77.4 Å². The Morgan fingerprint density at radius 2 is 1.55 bits per heavy atom. The van der Waals surface area contributed by atoms with Crippen LogP contribution in [0.5, 0.6) is 0 Å². The number of hydrazone groups is 1. The molecule has 0 saturated heterocycles. The number of hydrogen-bond acceptors (Lipinski definition) is 7. The average Bonchev–Trinajstić information content (AvgIpc) is 3.30. The molecule has 44 heavy (non-hydrogen) atoms. The summed E-state index contributed by atoms with van der Waals surface area (Å²) in [4.78, 5) is 49.3. The van der Waals surface area contributed by atoms with Crippen LogP contribution in [0.3, 0.4) is 0 Å². The maximum absolute atomic E-state index is 13.0. The average molecular weight is 607 g/mol. The zero-order valence-electron chi connectivity index (χ0n) is 25.7. The number of benzene rings is 2. The molecule has 1 atom stereocenters. The molecule has 2 aromatic rings. The summed E-state index contributed by atoms with van der Waals surface area (Å²) in [7, 11) is 0. The number of fused-ring (bicyclic) bond motifs is 3. The molecular formula is C33H42N4O7. The summed E-state index contributed by atoms with van der Waals surface area (Å²) in [5, 5.41) is 18.8. The van der Waals surface area contributed by atoms with E-state index in [-0.39, 0.29) is 36.5 Å². The molecule has 3 amide bonds. The van der Waals surface area contributed by atoms with Crippen LogP contribution in [0.2, 0.25) is 0 Å². The Kier molecular flexibility index (Phi) is 10.6. The Morgan fingerprint density at radius 1 is 0.955 bits per heavy atom. The fourth-order valence-corrected chi connectivity index (χ4v) is 5.74. The number of alkyl carbamates (subject to hydrolysis) is 1. The second-order valence-electron chi connectivity index (χ2n) is 12.4. The van der Waals surface area contributed by atoms with Crippen molar-refractivity contribution in [3.63, 3.8) is 0 Å². The van der Waals surface area contributed by atoms with Crippen LogP contribution in [0.4, 0.5) is 9.59 Å². The number of rotatable bonds is 10. The van der Waals surface area contributed by atoms with Crippen LogP contribution in [0, 0.1) is 11.8 Å². The lowest BCUT2D eigenvalue weighted by molar-refractivity contribution is -0.155. The lowest BCUT2D eigenvalue weighted by Gasteiger charge is -2.26. The second-order valence-corrected chi connectivity index (χ2v) is 12.4. The SMILES string of the molecule is C/C(=N\NC(=O)NCC1CCC(C(=O)O)CC1)[C@H](CC(=O)OC(C)(C)C)NC(=O)OCC1c2ccccc2-c2ccccc21. The lowest BCUT2D eigenvalue weighted by Crippen LogP contribution is -2.44. The van der Waals surface area contributed by atoms with Gasteiger partial charge in [-0.05, 0) is 81.5 Å². The van der Waals surface area contributed by atoms with Gasteiger partial charge in [0.15, 0.2) is 0 Å². The number of aliphatic carboxylic acids is 1. The van der Waals surface area contributed by atoms with Gasteiger partial charge >= 0.3 is 24.1 Å². The monoisotopic (exact) mass is 606 g/mol. The molecule has 0 unspecified atom stereocenters. The number of nitrogens with one attached hydrogen (secondary N) is 3. The largest absolute Gasteiger partial charge is 0.481 e. The zero-order chi connectivity index (χ0) is 31.9. The lowest BCUT2D eigenvalue weighted by atomic mass is 9.82. The van der Waals surface area contributed by atoms with E-state index in [4.69, 9.17) is 14.6 Å². The van der Waals surface area contributed by atoms with Crippen molar-refractivity contribution >= 4 is 29.8 Å². The fraction of sp³-hybridized carbons (Fsp3) is 0.485. The topological polar surface area (TPSA) is 155 Å². The predicted molar refractivity (Wildman–Crippen MR) is 165 cm³/mol. The van der Waals surface area contributed by atoms with E-state index in [9.17, 15) is 19.2 Å². The van der Waals surface area contributed by atoms with E-state index in [1.807, 2.05) is 36.4 Å². The number of carbonyl (C=O) groups excluding carboxylic acids is 3. The van der Waals surface area contributed by atoms with Gasteiger partial charge in [0, 0.05) is 12.5 Å². The Hall–Kier alpha value is -4.41. The summed E-state index contributed by atoms with van der Waals surface area (Å²) in [5.41, 5.74) is 6.36. The van der Waals surface area contributed by atoms with Crippen LogP contribution in [0.15, 0.2) is 53.6 Å². The van der Waals surface area contributed by atoms with Crippen LogP contribution in [-0.2, 0) is 19.1 Å². The highest BCUT2D eigenvalue weighted by Crippen LogP contribution is 2.44. The van der Waals surface area contributed by atoms with E-state index in [1.165, 1.54) is 0 Å². The van der Waals surface area contributed by atoms with Crippen LogP contribution in [0.1, 0.15) is 76.8 Å². The Bertz CT molecular complexity index is 1350. The number of urea groups is 1. The summed E-state index contributed by atoms with van der Waals surface area (Å²) in [5.74, 6) is -1.57. The quantitative estimate of drug-likeness (QED) is 0.165. The molecule has 2 aromatic carbocycles. The van der Waals surface area contributed by atoms with Crippen LogP contribution in [-0.4, -0.2) is 59.7 Å². The molecule has 0 aromatic heterocycles. The molecule has 1 fully saturated rings. The summed E-state index contributed by atoms with van der Waals surface area (Å²) in [6.07, 6.45) is 1.69. The maximum Gasteiger partial charge on any atom is 0.407 e. The molecule has 236 valence electrons. The fourth-order valence-electron chi connectivity index (χ4n) is 5.74. The minimum atomic E-state index is -0.896. The van der Waals surface area contributed by atoms with Gasteiger partial charge in [-0.2, -0.15) is 5.10 Å². The zero-order valence-corrected chi connectivity index (χ0v) is 25.7. The van der Waals surface area contributed by atoms with Gasteiger partial charge in [0.1, 0.15) is 12.2 Å². The number of carbonyl (C=O) groups is 4. The van der Waals surface area contributed by atoms with E-state index >= 15 is 0 Å². The van der Waals surface area contributed by atoms with Crippen molar-refractivity contribution < 1.29 is 33.8 Å². The van der Waals surface area contributed by atoms with Gasteiger partial charge < -0.3 is 25.2 Å². The third-order valence-corrected chi connectivity index (χ3v) is 8.01. The first-order chi connectivity index (χ1) is 20.9. The first kappa shape index (κ1) is 32.5. The molecule has 0 spiro atoms. The van der Waals surface area contributed by atoms with Crippen LogP contribution >= 0.6 is 0 Å². The van der Waals surface area contributed by atoms with Crippen molar-refractivity contribution in [1.29, 1.82) is 0 Å². The molecule has 4 rings (SSSR count). The third-order valence-electron chi connectivity index (χ3n) is 8.01. The third kappa shape index (κ3) is 8.81. The standard InChI is InChI=1S/C33H42N4O7/c1-20(36-37-31(41)34-18-21-13-15-22(16-14-21)30(39)40)28(17-29(38)44-33(2,3)4)35-32(42)43-19-27-25-11-7-5-9-23(25)24-10-6-8-12-26(24)27/h5-12,21-22,27-28H,13-19H2,1-4H3,(H,35,42)(H,39,40)(H2,34,37,41)/b36-20+/t21?,22?,28-/m0/s1. The Labute approximate surface area is 257 Å². The number of amides is 3. The van der Waals surface area contributed by atoms with E-state index in [1.54, 1.807) is 27.7 Å². The van der Waals surface area contributed by atoms with E-state index in [0.717, 1.165) is 35.1 Å². The van der Waals surface area contributed by atoms with Gasteiger partial charge in [-0.15, -0.1) is 0 Å². The molecule has 0 heterocycles. The van der Waals surface area contributed by atoms with Crippen LogP contribution < -0.4 is 16.1 Å². The van der Waals surface area contributed by atoms with Crippen molar-refractivity contribution in [2.24, 2.45) is 16.9 Å². The summed E-state index contributed by atoms with van der Waals surface area (Å²) in [6, 6.07) is 14.6. The van der Waals surface area contributed by atoms with Crippen molar-refractivity contribution in [3.05, 3.63) is 59.7 Å². The van der Waals surface area contributed by atoms with Gasteiger partial charge in [0.25, 0.3) is 0 Å². The molecule has 2 aliphatic carbocycles. The van der Waals surface area contributed by atoms with E-state index in [0.29, 0.717) is 19.4 Å². The second kappa shape index (κ2) is 14.4. The predicted octanol–water partition coefficient (Wildman–Crippen LogP) is 5.19. The number of hydrogen-bond donors (Lipinski definition) is 4. The maximum atomic E-state index is 13.0. The molecule has 0 radical (unpaired) electrons. The number of ether oxygens (including phenoxy) is 2. The van der Waals surface area contributed by atoms with Gasteiger partial charge in [0.05, 0.1) is 24.1 Å². The number of nitrogens with zero attached hydrogens (tertiary/aromatic N) is 1. The molecular weight excluding hydrogens is 564 g/mol. The van der Waals surface area contributed by atoms with Gasteiger partial charge in [-0.3, -0.25) is 9.59 Å². The molecule has 11 nitrogen and oxygen atoms in total. The smallest absolute Gasteiger partial charge is 0.407 e. The minimum Gasteiger partial charge on any atom is -0.481 e. The molecule has 1 saturated carbocycles. The number of carboxylic acids is 1. The Balaban J connectivity index is 1.35. The summed E-state index contributed by atoms with van der Waals surface area (Å²) in [6.45, 7) is 7.34. The molecule has 0 bridgehead atoms. The normalized spacial score (nSPS) is 18.8. The molecule has 11 heteroatoms.